The molecular weight excluding hydrogens is 218 g/mol. The maximum absolute atomic E-state index is 11.5. The lowest BCUT2D eigenvalue weighted by atomic mass is 10.2. The van der Waals surface area contributed by atoms with E-state index in [1.54, 1.807) is 6.92 Å². The van der Waals surface area contributed by atoms with Crippen LogP contribution in [-0.2, 0) is 9.53 Å². The molecule has 0 aliphatic heterocycles. The topological polar surface area (TPSA) is 58.8 Å². The standard InChI is InChI=1S/C12H27N3O2/c1-6-15(10(3)8-14(4)5)9-11(13)12(16)17-7-2/h10-11H,6-9,13H2,1-5H3. The van der Waals surface area contributed by atoms with Crippen molar-refractivity contribution in [2.24, 2.45) is 5.73 Å². The van der Waals surface area contributed by atoms with E-state index in [1.807, 2.05) is 14.1 Å². The van der Waals surface area contributed by atoms with Gasteiger partial charge in [0, 0.05) is 19.1 Å². The largest absolute Gasteiger partial charge is 0.465 e. The summed E-state index contributed by atoms with van der Waals surface area (Å²) in [5, 5.41) is 0. The fraction of sp³-hybridized carbons (Fsp3) is 0.917. The summed E-state index contributed by atoms with van der Waals surface area (Å²) in [6.45, 7) is 8.75. The minimum absolute atomic E-state index is 0.317. The Balaban J connectivity index is 4.24. The van der Waals surface area contributed by atoms with E-state index in [-0.39, 0.29) is 5.97 Å². The third kappa shape index (κ3) is 6.61. The molecule has 2 atom stereocenters. The molecule has 0 spiro atoms. The van der Waals surface area contributed by atoms with Crippen LogP contribution >= 0.6 is 0 Å². The summed E-state index contributed by atoms with van der Waals surface area (Å²) in [4.78, 5) is 15.8. The average Bonchev–Trinajstić information content (AvgIpc) is 2.24. The van der Waals surface area contributed by atoms with E-state index in [0.717, 1.165) is 13.1 Å². The molecule has 0 aliphatic rings. The second-order valence-electron chi connectivity index (χ2n) is 4.56. The van der Waals surface area contributed by atoms with Gasteiger partial charge in [-0.25, -0.2) is 0 Å². The molecule has 0 aromatic heterocycles. The molecule has 0 rings (SSSR count). The van der Waals surface area contributed by atoms with Gasteiger partial charge in [0.1, 0.15) is 6.04 Å². The summed E-state index contributed by atoms with van der Waals surface area (Å²) in [6, 6.07) is -0.185. The van der Waals surface area contributed by atoms with Crippen molar-refractivity contribution in [1.29, 1.82) is 0 Å². The molecule has 5 nitrogen and oxygen atoms in total. The predicted molar refractivity (Wildman–Crippen MR) is 69.9 cm³/mol. The van der Waals surface area contributed by atoms with Crippen LogP contribution in [0.4, 0.5) is 0 Å². The third-order valence-electron chi connectivity index (χ3n) is 2.68. The second kappa shape index (κ2) is 8.44. The third-order valence-corrected chi connectivity index (χ3v) is 2.68. The second-order valence-corrected chi connectivity index (χ2v) is 4.56. The number of rotatable bonds is 8. The molecule has 17 heavy (non-hydrogen) atoms. The van der Waals surface area contributed by atoms with Crippen molar-refractivity contribution in [2.75, 3.05) is 40.3 Å². The minimum atomic E-state index is -0.556. The average molecular weight is 245 g/mol. The van der Waals surface area contributed by atoms with Crippen LogP contribution in [-0.4, -0.2) is 68.2 Å². The Morgan fingerprint density at radius 2 is 1.88 bits per heavy atom. The van der Waals surface area contributed by atoms with Gasteiger partial charge in [-0.1, -0.05) is 6.92 Å². The molecule has 0 saturated carbocycles. The number of carbonyl (C=O) groups is 1. The van der Waals surface area contributed by atoms with E-state index in [1.165, 1.54) is 0 Å². The Kier molecular flexibility index (Phi) is 8.12. The Morgan fingerprint density at radius 3 is 2.29 bits per heavy atom. The number of carbonyl (C=O) groups excluding carboxylic acids is 1. The first-order valence-electron chi connectivity index (χ1n) is 6.23. The van der Waals surface area contributed by atoms with Crippen molar-refractivity contribution < 1.29 is 9.53 Å². The Hall–Kier alpha value is -0.650. The molecule has 0 aromatic rings. The highest BCUT2D eigenvalue weighted by molar-refractivity contribution is 5.75. The lowest BCUT2D eigenvalue weighted by Gasteiger charge is -2.31. The number of ether oxygens (including phenoxy) is 1. The Labute approximate surface area is 105 Å². The van der Waals surface area contributed by atoms with Crippen LogP contribution in [0.5, 0.6) is 0 Å². The van der Waals surface area contributed by atoms with E-state index in [9.17, 15) is 4.79 Å². The monoisotopic (exact) mass is 245 g/mol. The van der Waals surface area contributed by atoms with Gasteiger partial charge in [-0.15, -0.1) is 0 Å². The van der Waals surface area contributed by atoms with Crippen molar-refractivity contribution in [1.82, 2.24) is 9.80 Å². The number of nitrogens with two attached hydrogens (primary N) is 1. The molecule has 102 valence electrons. The van der Waals surface area contributed by atoms with Crippen LogP contribution in [0.15, 0.2) is 0 Å². The molecule has 0 heterocycles. The first-order chi connectivity index (χ1) is 7.92. The quantitative estimate of drug-likeness (QED) is 0.617. The first-order valence-corrected chi connectivity index (χ1v) is 6.23. The van der Waals surface area contributed by atoms with Crippen molar-refractivity contribution in [2.45, 2.75) is 32.9 Å². The van der Waals surface area contributed by atoms with Gasteiger partial charge < -0.3 is 15.4 Å². The predicted octanol–water partition coefficient (Wildman–Crippen LogP) is 0.149. The summed E-state index contributed by atoms with van der Waals surface area (Å²) in [6.07, 6.45) is 0. The van der Waals surface area contributed by atoms with Gasteiger partial charge in [0.25, 0.3) is 0 Å². The van der Waals surface area contributed by atoms with E-state index < -0.39 is 6.04 Å². The molecule has 0 radical (unpaired) electrons. The van der Waals surface area contributed by atoms with Crippen molar-refractivity contribution in [3.05, 3.63) is 0 Å². The zero-order chi connectivity index (χ0) is 13.4. The number of hydrogen-bond acceptors (Lipinski definition) is 5. The van der Waals surface area contributed by atoms with Crippen LogP contribution in [0.25, 0.3) is 0 Å². The molecule has 0 bridgehead atoms. The lowest BCUT2D eigenvalue weighted by molar-refractivity contribution is -0.145. The molecule has 5 heteroatoms. The van der Waals surface area contributed by atoms with Crippen molar-refractivity contribution in [3.8, 4) is 0 Å². The molecule has 2 N–H and O–H groups in total. The van der Waals surface area contributed by atoms with Crippen LogP contribution in [0, 0.1) is 0 Å². The Bertz CT molecular complexity index is 222. The summed E-state index contributed by atoms with van der Waals surface area (Å²) in [7, 11) is 4.07. The summed E-state index contributed by atoms with van der Waals surface area (Å²) >= 11 is 0. The zero-order valence-electron chi connectivity index (χ0n) is 11.8. The van der Waals surface area contributed by atoms with E-state index in [0.29, 0.717) is 19.2 Å². The fourth-order valence-corrected chi connectivity index (χ4v) is 1.84. The molecule has 0 saturated heterocycles. The molecule has 0 aromatic carbocycles. The van der Waals surface area contributed by atoms with Gasteiger partial charge in [0.05, 0.1) is 6.61 Å². The normalized spacial score (nSPS) is 15.1. The molecule has 0 amide bonds. The SMILES string of the molecule is CCOC(=O)C(N)CN(CC)C(C)CN(C)C. The van der Waals surface area contributed by atoms with E-state index in [4.69, 9.17) is 10.5 Å². The van der Waals surface area contributed by atoms with Crippen LogP contribution in [0.2, 0.25) is 0 Å². The molecule has 0 aliphatic carbocycles. The lowest BCUT2D eigenvalue weighted by Crippen LogP contribution is -2.49. The van der Waals surface area contributed by atoms with Crippen LogP contribution < -0.4 is 5.73 Å². The van der Waals surface area contributed by atoms with E-state index >= 15 is 0 Å². The maximum Gasteiger partial charge on any atom is 0.324 e. The van der Waals surface area contributed by atoms with Crippen molar-refractivity contribution >= 4 is 5.97 Å². The number of likely N-dealkylation sites (N-methyl/N-ethyl adjacent to an activating group) is 2. The first kappa shape index (κ1) is 16.4. The highest BCUT2D eigenvalue weighted by Crippen LogP contribution is 2.02. The number of hydrogen-bond donors (Lipinski definition) is 1. The molecular formula is C12H27N3O2. The molecule has 0 fully saturated rings. The summed E-state index contributed by atoms with van der Waals surface area (Å²) in [5.41, 5.74) is 5.82. The van der Waals surface area contributed by atoms with Gasteiger partial charge in [-0.05, 0) is 34.5 Å². The van der Waals surface area contributed by atoms with Crippen molar-refractivity contribution in [3.63, 3.8) is 0 Å². The summed E-state index contributed by atoms with van der Waals surface area (Å²) in [5.74, 6) is -0.317. The number of nitrogens with zero attached hydrogens (tertiary/aromatic N) is 2. The van der Waals surface area contributed by atoms with Crippen LogP contribution in [0.3, 0.4) is 0 Å². The Morgan fingerprint density at radius 1 is 1.29 bits per heavy atom. The molecule has 2 unspecified atom stereocenters. The summed E-state index contributed by atoms with van der Waals surface area (Å²) < 4.78 is 4.91. The zero-order valence-corrected chi connectivity index (χ0v) is 11.8. The van der Waals surface area contributed by atoms with Gasteiger partial charge in [-0.3, -0.25) is 9.69 Å². The highest BCUT2D eigenvalue weighted by atomic mass is 16.5. The smallest absolute Gasteiger partial charge is 0.324 e. The minimum Gasteiger partial charge on any atom is -0.465 e. The van der Waals surface area contributed by atoms with Gasteiger partial charge in [0.2, 0.25) is 0 Å². The fourth-order valence-electron chi connectivity index (χ4n) is 1.84. The van der Waals surface area contributed by atoms with Gasteiger partial charge in [0.15, 0.2) is 0 Å². The maximum atomic E-state index is 11.5. The van der Waals surface area contributed by atoms with Crippen LogP contribution in [0.1, 0.15) is 20.8 Å². The van der Waals surface area contributed by atoms with Gasteiger partial charge in [-0.2, -0.15) is 0 Å². The highest BCUT2D eigenvalue weighted by Gasteiger charge is 2.21. The van der Waals surface area contributed by atoms with Gasteiger partial charge >= 0.3 is 5.97 Å². The van der Waals surface area contributed by atoms with E-state index in [2.05, 4.69) is 23.6 Å². The number of esters is 1.